The van der Waals surface area contributed by atoms with Crippen molar-refractivity contribution in [3.8, 4) is 0 Å². The van der Waals surface area contributed by atoms with Gasteiger partial charge in [-0.1, -0.05) is 12.1 Å². The Morgan fingerprint density at radius 2 is 2.29 bits per heavy atom. The summed E-state index contributed by atoms with van der Waals surface area (Å²) in [5.74, 6) is -0.314. The van der Waals surface area contributed by atoms with Crippen LogP contribution in [0.4, 0.5) is 0 Å². The van der Waals surface area contributed by atoms with Crippen LogP contribution in [-0.4, -0.2) is 48.2 Å². The van der Waals surface area contributed by atoms with Gasteiger partial charge in [-0.25, -0.2) is 0 Å². The third kappa shape index (κ3) is 3.09. The summed E-state index contributed by atoms with van der Waals surface area (Å²) < 4.78 is 5.35. The van der Waals surface area contributed by atoms with E-state index in [4.69, 9.17) is 15.7 Å². The predicted molar refractivity (Wildman–Crippen MR) is 63.7 cm³/mol. The molecule has 1 fully saturated rings. The maximum Gasteiger partial charge on any atom is 0.233 e. The largest absolute Gasteiger partial charge is 0.409 e. The van der Waals surface area contributed by atoms with Gasteiger partial charge in [0.1, 0.15) is 0 Å². The van der Waals surface area contributed by atoms with Crippen molar-refractivity contribution < 1.29 is 14.7 Å². The fourth-order valence-corrected chi connectivity index (χ4v) is 2.03. The number of nitrogens with two attached hydrogens (primary N) is 1. The van der Waals surface area contributed by atoms with Crippen molar-refractivity contribution in [1.29, 1.82) is 0 Å². The standard InChI is InChI=1S/C11H21N3O3/c1-7-4-5-14(6-9(7)17-3)11(15)8(2)10(12)13-16/h7-9,16H,4-6H2,1-3H3,(H2,12,13). The molecule has 3 N–H and O–H groups in total. The van der Waals surface area contributed by atoms with Crippen molar-refractivity contribution >= 4 is 11.7 Å². The molecule has 1 aliphatic rings. The lowest BCUT2D eigenvalue weighted by atomic mass is 9.94. The molecule has 0 bridgehead atoms. The van der Waals surface area contributed by atoms with Crippen LogP contribution in [0.5, 0.6) is 0 Å². The molecule has 0 aromatic carbocycles. The van der Waals surface area contributed by atoms with Crippen LogP contribution in [0.15, 0.2) is 5.16 Å². The lowest BCUT2D eigenvalue weighted by Gasteiger charge is -2.37. The van der Waals surface area contributed by atoms with E-state index in [0.717, 1.165) is 6.42 Å². The molecule has 0 aromatic rings. The molecule has 0 spiro atoms. The van der Waals surface area contributed by atoms with Crippen molar-refractivity contribution in [3.63, 3.8) is 0 Å². The van der Waals surface area contributed by atoms with Gasteiger partial charge in [-0.05, 0) is 19.3 Å². The summed E-state index contributed by atoms with van der Waals surface area (Å²) >= 11 is 0. The summed E-state index contributed by atoms with van der Waals surface area (Å²) in [7, 11) is 1.65. The number of piperidine rings is 1. The molecule has 1 aliphatic heterocycles. The lowest BCUT2D eigenvalue weighted by Crippen LogP contribution is -2.50. The van der Waals surface area contributed by atoms with Crippen molar-refractivity contribution in [2.45, 2.75) is 26.4 Å². The van der Waals surface area contributed by atoms with Gasteiger partial charge in [0.15, 0.2) is 5.84 Å². The summed E-state index contributed by atoms with van der Waals surface area (Å²) in [6.07, 6.45) is 0.972. The van der Waals surface area contributed by atoms with E-state index < -0.39 is 5.92 Å². The van der Waals surface area contributed by atoms with Gasteiger partial charge in [0.05, 0.1) is 12.0 Å². The number of likely N-dealkylation sites (tertiary alicyclic amines) is 1. The second-order valence-electron chi connectivity index (χ2n) is 4.57. The fraction of sp³-hybridized carbons (Fsp3) is 0.818. The van der Waals surface area contributed by atoms with Gasteiger partial charge < -0.3 is 20.6 Å². The van der Waals surface area contributed by atoms with Crippen LogP contribution in [0, 0.1) is 11.8 Å². The number of ether oxygens (including phenoxy) is 1. The van der Waals surface area contributed by atoms with Crippen LogP contribution in [-0.2, 0) is 9.53 Å². The molecular weight excluding hydrogens is 222 g/mol. The zero-order chi connectivity index (χ0) is 13.0. The van der Waals surface area contributed by atoms with Gasteiger partial charge in [0.2, 0.25) is 5.91 Å². The molecule has 0 radical (unpaired) electrons. The highest BCUT2D eigenvalue weighted by Gasteiger charge is 2.31. The van der Waals surface area contributed by atoms with E-state index in [1.54, 1.807) is 18.9 Å². The highest BCUT2D eigenvalue weighted by atomic mass is 16.5. The molecule has 1 rings (SSSR count). The maximum absolute atomic E-state index is 12.1. The van der Waals surface area contributed by atoms with Crippen LogP contribution in [0.1, 0.15) is 20.3 Å². The average molecular weight is 243 g/mol. The zero-order valence-electron chi connectivity index (χ0n) is 10.6. The van der Waals surface area contributed by atoms with Crippen molar-refractivity contribution in [1.82, 2.24) is 4.90 Å². The molecule has 6 nitrogen and oxygen atoms in total. The number of hydrogen-bond acceptors (Lipinski definition) is 4. The maximum atomic E-state index is 12.1. The van der Waals surface area contributed by atoms with E-state index in [1.165, 1.54) is 0 Å². The Kier molecular flexibility index (Phi) is 4.74. The molecule has 0 aliphatic carbocycles. The van der Waals surface area contributed by atoms with Gasteiger partial charge in [0.25, 0.3) is 0 Å². The van der Waals surface area contributed by atoms with Gasteiger partial charge in [0, 0.05) is 20.2 Å². The molecule has 6 heteroatoms. The minimum Gasteiger partial charge on any atom is -0.409 e. The summed E-state index contributed by atoms with van der Waals surface area (Å²) in [5, 5.41) is 11.4. The van der Waals surface area contributed by atoms with E-state index in [0.29, 0.717) is 19.0 Å². The van der Waals surface area contributed by atoms with Crippen LogP contribution in [0.25, 0.3) is 0 Å². The Hall–Kier alpha value is -1.30. The molecule has 0 aromatic heterocycles. The van der Waals surface area contributed by atoms with E-state index in [1.807, 2.05) is 0 Å². The molecule has 1 amide bonds. The molecule has 3 atom stereocenters. The Morgan fingerprint density at radius 3 is 2.82 bits per heavy atom. The van der Waals surface area contributed by atoms with Gasteiger partial charge in [-0.15, -0.1) is 0 Å². The molecule has 17 heavy (non-hydrogen) atoms. The number of methoxy groups -OCH3 is 1. The lowest BCUT2D eigenvalue weighted by molar-refractivity contribution is -0.138. The number of hydrogen-bond donors (Lipinski definition) is 2. The number of carbonyl (C=O) groups excluding carboxylic acids is 1. The second-order valence-corrected chi connectivity index (χ2v) is 4.57. The third-order valence-electron chi connectivity index (χ3n) is 3.43. The summed E-state index contributed by atoms with van der Waals surface area (Å²) in [4.78, 5) is 13.8. The van der Waals surface area contributed by atoms with Crippen LogP contribution in [0.2, 0.25) is 0 Å². The topological polar surface area (TPSA) is 88.2 Å². The van der Waals surface area contributed by atoms with E-state index in [-0.39, 0.29) is 17.8 Å². The number of oxime groups is 1. The number of amidine groups is 1. The smallest absolute Gasteiger partial charge is 0.233 e. The van der Waals surface area contributed by atoms with Crippen molar-refractivity contribution in [3.05, 3.63) is 0 Å². The monoisotopic (exact) mass is 243 g/mol. The minimum atomic E-state index is -0.592. The first-order chi connectivity index (χ1) is 8.01. The minimum absolute atomic E-state index is 0.0532. The van der Waals surface area contributed by atoms with Gasteiger partial charge in [-0.2, -0.15) is 0 Å². The highest BCUT2D eigenvalue weighted by molar-refractivity contribution is 6.01. The summed E-state index contributed by atoms with van der Waals surface area (Å²) in [6.45, 7) is 5.02. The molecular formula is C11H21N3O3. The third-order valence-corrected chi connectivity index (χ3v) is 3.43. The first-order valence-electron chi connectivity index (χ1n) is 5.80. The molecule has 3 unspecified atom stereocenters. The Balaban J connectivity index is 2.65. The van der Waals surface area contributed by atoms with Crippen molar-refractivity contribution in [2.75, 3.05) is 20.2 Å². The molecule has 0 saturated carbocycles. The normalized spacial score (nSPS) is 27.9. The predicted octanol–water partition coefficient (Wildman–Crippen LogP) is 0.252. The van der Waals surface area contributed by atoms with Gasteiger partial charge >= 0.3 is 0 Å². The van der Waals surface area contributed by atoms with E-state index in [2.05, 4.69) is 12.1 Å². The van der Waals surface area contributed by atoms with Crippen LogP contribution < -0.4 is 5.73 Å². The first-order valence-corrected chi connectivity index (χ1v) is 5.80. The van der Waals surface area contributed by atoms with Gasteiger partial charge in [-0.3, -0.25) is 4.79 Å². The fourth-order valence-electron chi connectivity index (χ4n) is 2.03. The van der Waals surface area contributed by atoms with E-state index >= 15 is 0 Å². The summed E-state index contributed by atoms with van der Waals surface area (Å²) in [6, 6.07) is 0. The van der Waals surface area contributed by atoms with Crippen LogP contribution >= 0.6 is 0 Å². The van der Waals surface area contributed by atoms with Crippen LogP contribution in [0.3, 0.4) is 0 Å². The second kappa shape index (κ2) is 5.86. The quantitative estimate of drug-likeness (QED) is 0.322. The highest BCUT2D eigenvalue weighted by Crippen LogP contribution is 2.20. The van der Waals surface area contributed by atoms with E-state index in [9.17, 15) is 4.79 Å². The Morgan fingerprint density at radius 1 is 1.65 bits per heavy atom. The zero-order valence-corrected chi connectivity index (χ0v) is 10.6. The van der Waals surface area contributed by atoms with Crippen molar-refractivity contribution in [2.24, 2.45) is 22.7 Å². The molecule has 1 heterocycles. The number of rotatable bonds is 3. The first kappa shape index (κ1) is 13.8. The Bertz CT molecular complexity index is 306. The number of carbonyl (C=O) groups is 1. The number of amides is 1. The average Bonchev–Trinajstić information content (AvgIpc) is 2.36. The number of nitrogens with zero attached hydrogens (tertiary/aromatic N) is 2. The SMILES string of the molecule is COC1CN(C(=O)C(C)C(N)=NO)CCC1C. The molecule has 1 saturated heterocycles. The summed E-state index contributed by atoms with van der Waals surface area (Å²) in [5.41, 5.74) is 5.44. The Labute approximate surface area is 101 Å². The molecule has 98 valence electrons.